The maximum Gasteiger partial charge on any atom is 0.203 e. The predicted octanol–water partition coefficient (Wildman–Crippen LogP) is 4.78. The average molecular weight is 452 g/mol. The Bertz CT molecular complexity index is 1280. The summed E-state index contributed by atoms with van der Waals surface area (Å²) in [5, 5.41) is 11.9. The topological polar surface area (TPSA) is 67.8 Å². The highest BCUT2D eigenvalue weighted by Crippen LogP contribution is 2.33. The van der Waals surface area contributed by atoms with Crippen molar-refractivity contribution in [3.8, 4) is 16.3 Å². The van der Waals surface area contributed by atoms with Crippen LogP contribution in [-0.2, 0) is 6.54 Å². The number of aromatic hydroxyl groups is 1. The Labute approximate surface area is 192 Å². The molecule has 0 saturated heterocycles. The number of thiazole rings is 1. The maximum absolute atomic E-state index is 13.5. The minimum Gasteiger partial charge on any atom is -0.507 e. The highest BCUT2D eigenvalue weighted by atomic mass is 32.1. The molecule has 2 heterocycles. The summed E-state index contributed by atoms with van der Waals surface area (Å²) < 4.78 is 7.28. The summed E-state index contributed by atoms with van der Waals surface area (Å²) in [6.07, 6.45) is 0. The number of phenolic OH excluding ortho intramolecular Hbond substituents is 1. The molecule has 32 heavy (non-hydrogen) atoms. The van der Waals surface area contributed by atoms with E-state index in [1.807, 2.05) is 31.2 Å². The highest BCUT2D eigenvalue weighted by molar-refractivity contribution is 7.21. The Kier molecular flexibility index (Phi) is 6.35. The lowest BCUT2D eigenvalue weighted by Crippen LogP contribution is -3.11. The van der Waals surface area contributed by atoms with Gasteiger partial charge in [0.2, 0.25) is 5.43 Å². The molecule has 0 amide bonds. The molecule has 6 heteroatoms. The molecule has 0 fully saturated rings. The Hall–Kier alpha value is -2.70. The molecule has 0 aliphatic heterocycles. The summed E-state index contributed by atoms with van der Waals surface area (Å²) in [5.41, 5.74) is 2.47. The Morgan fingerprint density at radius 2 is 1.75 bits per heavy atom. The van der Waals surface area contributed by atoms with Crippen LogP contribution < -0.4 is 10.3 Å². The number of hydrogen-bond donors (Lipinski definition) is 2. The zero-order valence-corrected chi connectivity index (χ0v) is 20.2. The minimum atomic E-state index is -0.0988. The van der Waals surface area contributed by atoms with Gasteiger partial charge in [-0.3, -0.25) is 4.79 Å². The van der Waals surface area contributed by atoms with Gasteiger partial charge in [-0.15, -0.1) is 11.3 Å². The monoisotopic (exact) mass is 451 g/mol. The molecule has 2 aromatic carbocycles. The first-order valence-corrected chi connectivity index (χ1v) is 12.0. The number of fused-ring (bicyclic) bond motifs is 2. The number of rotatable bonds is 7. The fourth-order valence-corrected chi connectivity index (χ4v) is 5.50. The van der Waals surface area contributed by atoms with E-state index < -0.39 is 0 Å². The van der Waals surface area contributed by atoms with E-state index in [9.17, 15) is 9.90 Å². The van der Waals surface area contributed by atoms with Crippen molar-refractivity contribution >= 4 is 32.5 Å². The fourth-order valence-electron chi connectivity index (χ4n) is 4.44. The normalized spacial score (nSPS) is 12.1. The maximum atomic E-state index is 13.5. The van der Waals surface area contributed by atoms with Crippen molar-refractivity contribution in [1.29, 1.82) is 0 Å². The second kappa shape index (κ2) is 9.04. The Morgan fingerprint density at radius 1 is 1.06 bits per heavy atom. The van der Waals surface area contributed by atoms with Gasteiger partial charge in [-0.2, -0.15) is 0 Å². The molecule has 168 valence electrons. The SMILES string of the molecule is Cc1oc2c(C[NH+](CC(C)C)CC(C)C)c(O)ccc2c(=O)c1-c1nc2ccccc2s1. The van der Waals surface area contributed by atoms with Crippen LogP contribution >= 0.6 is 11.3 Å². The van der Waals surface area contributed by atoms with Crippen LogP contribution in [0, 0.1) is 18.8 Å². The summed E-state index contributed by atoms with van der Waals surface area (Å²) in [6.45, 7) is 13.2. The fraction of sp³-hybridized carbons (Fsp3) is 0.385. The van der Waals surface area contributed by atoms with Crippen LogP contribution in [0.1, 0.15) is 39.0 Å². The van der Waals surface area contributed by atoms with Gasteiger partial charge in [0.15, 0.2) is 5.58 Å². The van der Waals surface area contributed by atoms with Crippen molar-refractivity contribution in [2.24, 2.45) is 11.8 Å². The first kappa shape index (κ1) is 22.5. The number of nitrogens with one attached hydrogen (secondary N) is 1. The highest BCUT2D eigenvalue weighted by Gasteiger charge is 2.23. The summed E-state index contributed by atoms with van der Waals surface area (Å²) in [5.74, 6) is 1.76. The summed E-state index contributed by atoms with van der Waals surface area (Å²) >= 11 is 1.49. The first-order valence-electron chi connectivity index (χ1n) is 11.2. The first-order chi connectivity index (χ1) is 15.2. The Balaban J connectivity index is 1.84. The van der Waals surface area contributed by atoms with Crippen molar-refractivity contribution in [2.75, 3.05) is 13.1 Å². The molecule has 0 spiro atoms. The van der Waals surface area contributed by atoms with Crippen LogP contribution in [0.15, 0.2) is 45.6 Å². The lowest BCUT2D eigenvalue weighted by Gasteiger charge is -2.24. The average Bonchev–Trinajstić information content (AvgIpc) is 3.12. The molecule has 4 aromatic rings. The third-order valence-corrected chi connectivity index (χ3v) is 6.70. The molecule has 0 aliphatic rings. The van der Waals surface area contributed by atoms with E-state index in [4.69, 9.17) is 4.42 Å². The predicted molar refractivity (Wildman–Crippen MR) is 132 cm³/mol. The summed E-state index contributed by atoms with van der Waals surface area (Å²) in [7, 11) is 0. The molecule has 0 atom stereocenters. The van der Waals surface area contributed by atoms with Gasteiger partial charge in [0.1, 0.15) is 23.1 Å². The minimum absolute atomic E-state index is 0.0988. The molecule has 4 rings (SSSR count). The quantitative estimate of drug-likeness (QED) is 0.424. The number of aromatic nitrogens is 1. The van der Waals surface area contributed by atoms with Gasteiger partial charge in [0, 0.05) is 11.8 Å². The van der Waals surface area contributed by atoms with Crippen molar-refractivity contribution in [3.05, 3.63) is 57.9 Å². The van der Waals surface area contributed by atoms with E-state index in [1.165, 1.54) is 16.2 Å². The molecular weight excluding hydrogens is 420 g/mol. The molecule has 0 bridgehead atoms. The zero-order chi connectivity index (χ0) is 23.0. The molecule has 0 radical (unpaired) electrons. The van der Waals surface area contributed by atoms with Gasteiger partial charge in [-0.25, -0.2) is 4.98 Å². The molecule has 5 nitrogen and oxygen atoms in total. The molecule has 0 unspecified atom stereocenters. The van der Waals surface area contributed by atoms with Crippen molar-refractivity contribution in [3.63, 3.8) is 0 Å². The van der Waals surface area contributed by atoms with Crippen LogP contribution in [0.2, 0.25) is 0 Å². The number of nitrogens with zero attached hydrogens (tertiary/aromatic N) is 1. The van der Waals surface area contributed by atoms with Crippen LogP contribution in [0.3, 0.4) is 0 Å². The number of aryl methyl sites for hydroxylation is 1. The second-order valence-corrected chi connectivity index (χ2v) is 10.4. The number of phenols is 1. The van der Waals surface area contributed by atoms with E-state index >= 15 is 0 Å². The number of hydrogen-bond acceptors (Lipinski definition) is 5. The van der Waals surface area contributed by atoms with Crippen LogP contribution in [0.25, 0.3) is 31.8 Å². The van der Waals surface area contributed by atoms with Crippen LogP contribution in [0.5, 0.6) is 5.75 Å². The summed E-state index contributed by atoms with van der Waals surface area (Å²) in [6, 6.07) is 11.2. The van der Waals surface area contributed by atoms with E-state index in [-0.39, 0.29) is 11.2 Å². The van der Waals surface area contributed by atoms with Gasteiger partial charge in [0.25, 0.3) is 0 Å². The van der Waals surface area contributed by atoms with Gasteiger partial charge < -0.3 is 14.4 Å². The van der Waals surface area contributed by atoms with Gasteiger partial charge in [-0.1, -0.05) is 39.8 Å². The van der Waals surface area contributed by atoms with Crippen molar-refractivity contribution < 1.29 is 14.4 Å². The third-order valence-electron chi connectivity index (χ3n) is 5.64. The number of benzene rings is 2. The molecular formula is C26H31N2O3S+. The van der Waals surface area contributed by atoms with E-state index in [1.54, 1.807) is 12.1 Å². The number of para-hydroxylation sites is 1. The molecule has 0 aliphatic carbocycles. The smallest absolute Gasteiger partial charge is 0.203 e. The van der Waals surface area contributed by atoms with Gasteiger partial charge in [-0.05, 0) is 31.2 Å². The molecule has 0 saturated carbocycles. The third kappa shape index (κ3) is 4.43. The van der Waals surface area contributed by atoms with Crippen LogP contribution in [-0.4, -0.2) is 23.2 Å². The van der Waals surface area contributed by atoms with E-state index in [2.05, 4.69) is 32.7 Å². The lowest BCUT2D eigenvalue weighted by atomic mass is 10.0. The van der Waals surface area contributed by atoms with Gasteiger partial charge in [0.05, 0.1) is 39.8 Å². The van der Waals surface area contributed by atoms with Crippen molar-refractivity contribution in [1.82, 2.24) is 4.98 Å². The zero-order valence-electron chi connectivity index (χ0n) is 19.4. The largest absolute Gasteiger partial charge is 0.507 e. The van der Waals surface area contributed by atoms with E-state index in [0.29, 0.717) is 51.2 Å². The van der Waals surface area contributed by atoms with Crippen LogP contribution in [0.4, 0.5) is 0 Å². The Morgan fingerprint density at radius 3 is 2.41 bits per heavy atom. The summed E-state index contributed by atoms with van der Waals surface area (Å²) in [4.78, 5) is 19.6. The number of quaternary nitrogens is 1. The standard InChI is InChI=1S/C26H30N2O3S/c1-15(2)12-28(13-16(3)4)14-19-21(29)11-10-18-24(30)23(17(5)31-25(18)19)26-27-20-8-6-7-9-22(20)32-26/h6-11,15-16,29H,12-14H2,1-5H3/p+1. The molecule has 2 N–H and O–H groups in total. The second-order valence-electron chi connectivity index (χ2n) is 9.41. The van der Waals surface area contributed by atoms with Gasteiger partial charge >= 0.3 is 0 Å². The lowest BCUT2D eigenvalue weighted by molar-refractivity contribution is -0.919. The van der Waals surface area contributed by atoms with Crippen molar-refractivity contribution in [2.45, 2.75) is 41.2 Å². The van der Waals surface area contributed by atoms with E-state index in [0.717, 1.165) is 23.3 Å². The molecule has 2 aromatic heterocycles.